The average Bonchev–Trinajstić information content (AvgIpc) is 2.23. The zero-order valence-corrected chi connectivity index (χ0v) is 10.5. The third kappa shape index (κ3) is 8.23. The zero-order chi connectivity index (χ0) is 12.6. The number of carbonyl (C=O) groups is 2. The molecule has 94 valence electrons. The van der Waals surface area contributed by atoms with Gasteiger partial charge in [0.15, 0.2) is 0 Å². The van der Waals surface area contributed by atoms with Gasteiger partial charge in [0.05, 0.1) is 20.1 Å². The fourth-order valence-corrected chi connectivity index (χ4v) is 1.05. The molecule has 0 rings (SSSR count). The second-order valence-electron chi connectivity index (χ2n) is 4.26. The van der Waals surface area contributed by atoms with Crippen molar-refractivity contribution < 1.29 is 14.3 Å². The molecule has 0 aromatic carbocycles. The van der Waals surface area contributed by atoms with Crippen LogP contribution < -0.4 is 10.6 Å². The number of methoxy groups -OCH3 is 1. The molecule has 0 aliphatic rings. The summed E-state index contributed by atoms with van der Waals surface area (Å²) in [7, 11) is 1.35. The molecule has 0 saturated heterocycles. The van der Waals surface area contributed by atoms with Crippen LogP contribution >= 0.6 is 0 Å². The van der Waals surface area contributed by atoms with E-state index in [4.69, 9.17) is 0 Å². The minimum atomic E-state index is -0.275. The normalized spacial score (nSPS) is 12.3. The van der Waals surface area contributed by atoms with Crippen molar-refractivity contribution in [2.75, 3.05) is 20.2 Å². The maximum absolute atomic E-state index is 11.3. The highest BCUT2D eigenvalue weighted by Gasteiger charge is 2.10. The summed E-state index contributed by atoms with van der Waals surface area (Å²) in [6.45, 7) is 6.81. The quantitative estimate of drug-likeness (QED) is 0.617. The predicted octanol–water partition coefficient (Wildman–Crippen LogP) is 0.300. The van der Waals surface area contributed by atoms with Gasteiger partial charge < -0.3 is 15.4 Å². The second kappa shape index (κ2) is 8.10. The first-order chi connectivity index (χ1) is 7.45. The van der Waals surface area contributed by atoms with E-state index >= 15 is 0 Å². The van der Waals surface area contributed by atoms with Crippen molar-refractivity contribution in [3.63, 3.8) is 0 Å². The Kier molecular flexibility index (Phi) is 7.54. The lowest BCUT2D eigenvalue weighted by Gasteiger charge is -2.13. The molecular formula is C11H22N2O3. The summed E-state index contributed by atoms with van der Waals surface area (Å²) in [4.78, 5) is 22.2. The number of esters is 1. The van der Waals surface area contributed by atoms with Crippen molar-refractivity contribution >= 4 is 11.9 Å². The summed E-state index contributed by atoms with van der Waals surface area (Å²) < 4.78 is 4.53. The first kappa shape index (κ1) is 14.9. The molecule has 1 atom stereocenters. The van der Waals surface area contributed by atoms with Gasteiger partial charge in [0, 0.05) is 12.6 Å². The number of hydrogen-bond acceptors (Lipinski definition) is 4. The van der Waals surface area contributed by atoms with Gasteiger partial charge in [0.25, 0.3) is 0 Å². The molecule has 0 radical (unpaired) electrons. The Balaban J connectivity index is 3.62. The molecule has 5 nitrogen and oxygen atoms in total. The van der Waals surface area contributed by atoms with Gasteiger partial charge >= 0.3 is 5.97 Å². The third-order valence-corrected chi connectivity index (χ3v) is 2.02. The zero-order valence-electron chi connectivity index (χ0n) is 10.5. The van der Waals surface area contributed by atoms with E-state index in [0.29, 0.717) is 12.5 Å². The summed E-state index contributed by atoms with van der Waals surface area (Å²) in [6.07, 6.45) is 0.272. The number of nitrogens with one attached hydrogen (secondary N) is 2. The first-order valence-corrected chi connectivity index (χ1v) is 5.52. The number of ether oxygens (including phenoxy) is 1. The largest absolute Gasteiger partial charge is 0.469 e. The molecule has 0 aromatic heterocycles. The maximum Gasteiger partial charge on any atom is 0.307 e. The summed E-state index contributed by atoms with van der Waals surface area (Å²) in [5.74, 6) is 0.115. The molecule has 16 heavy (non-hydrogen) atoms. The Morgan fingerprint density at radius 3 is 2.38 bits per heavy atom. The Labute approximate surface area is 96.9 Å². The van der Waals surface area contributed by atoms with E-state index in [0.717, 1.165) is 0 Å². The number of rotatable bonds is 7. The Morgan fingerprint density at radius 2 is 1.88 bits per heavy atom. The molecule has 0 saturated carbocycles. The summed E-state index contributed by atoms with van der Waals surface area (Å²) in [5.41, 5.74) is 0. The highest BCUT2D eigenvalue weighted by atomic mass is 16.5. The van der Waals surface area contributed by atoms with Crippen LogP contribution in [0.15, 0.2) is 0 Å². The van der Waals surface area contributed by atoms with Crippen molar-refractivity contribution in [1.29, 1.82) is 0 Å². The third-order valence-electron chi connectivity index (χ3n) is 2.02. The fourth-order valence-electron chi connectivity index (χ4n) is 1.05. The molecule has 5 heteroatoms. The van der Waals surface area contributed by atoms with Crippen LogP contribution in [0.1, 0.15) is 27.2 Å². The van der Waals surface area contributed by atoms with Crippen LogP contribution in [-0.2, 0) is 14.3 Å². The van der Waals surface area contributed by atoms with Gasteiger partial charge in [-0.3, -0.25) is 9.59 Å². The predicted molar refractivity (Wildman–Crippen MR) is 61.9 cm³/mol. The van der Waals surface area contributed by atoms with Crippen molar-refractivity contribution in [2.24, 2.45) is 5.92 Å². The van der Waals surface area contributed by atoms with E-state index in [9.17, 15) is 9.59 Å². The van der Waals surface area contributed by atoms with Crippen LogP contribution in [0.4, 0.5) is 0 Å². The molecule has 0 heterocycles. The fraction of sp³-hybridized carbons (Fsp3) is 0.818. The van der Waals surface area contributed by atoms with Crippen LogP contribution in [0.3, 0.4) is 0 Å². The minimum absolute atomic E-state index is 0.0505. The van der Waals surface area contributed by atoms with E-state index in [1.807, 2.05) is 20.8 Å². The van der Waals surface area contributed by atoms with E-state index in [2.05, 4.69) is 15.4 Å². The van der Waals surface area contributed by atoms with Gasteiger partial charge in [-0.15, -0.1) is 0 Å². The van der Waals surface area contributed by atoms with Crippen LogP contribution in [0.2, 0.25) is 0 Å². The van der Waals surface area contributed by atoms with Crippen molar-refractivity contribution in [3.8, 4) is 0 Å². The molecule has 0 bridgehead atoms. The van der Waals surface area contributed by atoms with Crippen LogP contribution in [0.25, 0.3) is 0 Å². The number of hydrogen-bond donors (Lipinski definition) is 2. The monoisotopic (exact) mass is 230 g/mol. The highest BCUT2D eigenvalue weighted by molar-refractivity contribution is 5.78. The Morgan fingerprint density at radius 1 is 1.25 bits per heavy atom. The summed E-state index contributed by atoms with van der Waals surface area (Å²) >= 11 is 0. The minimum Gasteiger partial charge on any atom is -0.469 e. The average molecular weight is 230 g/mol. The summed E-state index contributed by atoms with van der Waals surface area (Å²) in [5, 5.41) is 5.75. The van der Waals surface area contributed by atoms with Crippen LogP contribution in [-0.4, -0.2) is 38.1 Å². The van der Waals surface area contributed by atoms with Gasteiger partial charge in [0.2, 0.25) is 5.91 Å². The van der Waals surface area contributed by atoms with Gasteiger partial charge in [-0.05, 0) is 12.8 Å². The van der Waals surface area contributed by atoms with Gasteiger partial charge in [0.1, 0.15) is 0 Å². The molecule has 1 amide bonds. The number of amides is 1. The second-order valence-corrected chi connectivity index (χ2v) is 4.26. The topological polar surface area (TPSA) is 67.4 Å². The van der Waals surface area contributed by atoms with E-state index in [1.165, 1.54) is 7.11 Å². The van der Waals surface area contributed by atoms with Crippen molar-refractivity contribution in [2.45, 2.75) is 33.2 Å². The molecule has 0 fully saturated rings. The SMILES string of the molecule is COC(=O)CC(C)NCC(=O)NCC(C)C. The first-order valence-electron chi connectivity index (χ1n) is 5.52. The van der Waals surface area contributed by atoms with Crippen molar-refractivity contribution in [3.05, 3.63) is 0 Å². The lowest BCUT2D eigenvalue weighted by Crippen LogP contribution is -2.40. The highest BCUT2D eigenvalue weighted by Crippen LogP contribution is 1.92. The molecule has 1 unspecified atom stereocenters. The standard InChI is InChI=1S/C11H22N2O3/c1-8(2)6-13-10(14)7-12-9(3)5-11(15)16-4/h8-9,12H,5-7H2,1-4H3,(H,13,14). The van der Waals surface area contributed by atoms with Crippen LogP contribution in [0, 0.1) is 5.92 Å². The molecule has 0 spiro atoms. The molecule has 0 aromatic rings. The lowest BCUT2D eigenvalue weighted by atomic mass is 10.2. The smallest absolute Gasteiger partial charge is 0.307 e. The summed E-state index contributed by atoms with van der Waals surface area (Å²) in [6, 6.07) is -0.0581. The van der Waals surface area contributed by atoms with E-state index in [-0.39, 0.29) is 30.9 Å². The van der Waals surface area contributed by atoms with E-state index in [1.54, 1.807) is 0 Å². The van der Waals surface area contributed by atoms with Gasteiger partial charge in [-0.1, -0.05) is 13.8 Å². The Hall–Kier alpha value is -1.10. The molecule has 2 N–H and O–H groups in total. The lowest BCUT2D eigenvalue weighted by molar-refractivity contribution is -0.141. The molecule has 0 aliphatic heterocycles. The maximum atomic E-state index is 11.3. The van der Waals surface area contributed by atoms with Gasteiger partial charge in [-0.2, -0.15) is 0 Å². The molecular weight excluding hydrogens is 208 g/mol. The Bertz CT molecular complexity index is 229. The van der Waals surface area contributed by atoms with Crippen LogP contribution in [0.5, 0.6) is 0 Å². The number of carbonyl (C=O) groups excluding carboxylic acids is 2. The van der Waals surface area contributed by atoms with E-state index < -0.39 is 0 Å². The van der Waals surface area contributed by atoms with Crippen molar-refractivity contribution in [1.82, 2.24) is 10.6 Å². The molecule has 0 aliphatic carbocycles. The van der Waals surface area contributed by atoms with Gasteiger partial charge in [-0.25, -0.2) is 0 Å².